The van der Waals surface area contributed by atoms with Gasteiger partial charge in [0.1, 0.15) is 10.8 Å². The first-order chi connectivity index (χ1) is 14.9. The number of thiophene rings is 1. The zero-order valence-electron chi connectivity index (χ0n) is 18.1. The second-order valence-electron chi connectivity index (χ2n) is 7.72. The molecule has 0 saturated heterocycles. The summed E-state index contributed by atoms with van der Waals surface area (Å²) in [5.41, 5.74) is 1.98. The van der Waals surface area contributed by atoms with E-state index in [9.17, 15) is 9.59 Å². The first-order valence-corrected chi connectivity index (χ1v) is 11.8. The summed E-state index contributed by atoms with van der Waals surface area (Å²) < 4.78 is 11.0. The maximum absolute atomic E-state index is 12.8. The van der Waals surface area contributed by atoms with E-state index >= 15 is 0 Å². The van der Waals surface area contributed by atoms with Gasteiger partial charge in [-0.25, -0.2) is 4.79 Å². The summed E-state index contributed by atoms with van der Waals surface area (Å²) in [6.07, 6.45) is 3.72. The van der Waals surface area contributed by atoms with E-state index in [0.29, 0.717) is 41.0 Å². The van der Waals surface area contributed by atoms with Gasteiger partial charge < -0.3 is 14.8 Å². The van der Waals surface area contributed by atoms with Gasteiger partial charge in [-0.3, -0.25) is 10.1 Å². The minimum Gasteiger partial charge on any atom is -0.493 e. The highest BCUT2D eigenvalue weighted by Crippen LogP contribution is 2.39. The Morgan fingerprint density at radius 1 is 1.23 bits per heavy atom. The highest BCUT2D eigenvalue weighted by Gasteiger charge is 2.28. The van der Waals surface area contributed by atoms with Gasteiger partial charge in [-0.1, -0.05) is 26.0 Å². The van der Waals surface area contributed by atoms with E-state index in [0.717, 1.165) is 31.2 Å². The predicted molar refractivity (Wildman–Crippen MR) is 127 cm³/mol. The van der Waals surface area contributed by atoms with Crippen molar-refractivity contribution in [1.29, 1.82) is 0 Å². The molecule has 0 aliphatic heterocycles. The molecule has 2 aromatic rings. The summed E-state index contributed by atoms with van der Waals surface area (Å²) in [7, 11) is 0. The average molecular weight is 461 g/mol. The van der Waals surface area contributed by atoms with Crippen LogP contribution in [0.4, 0.5) is 5.00 Å². The summed E-state index contributed by atoms with van der Waals surface area (Å²) in [5.74, 6) is 0.311. The van der Waals surface area contributed by atoms with Crippen molar-refractivity contribution < 1.29 is 19.1 Å². The Bertz CT molecular complexity index is 968. The molecule has 0 radical (unpaired) electrons. The van der Waals surface area contributed by atoms with Crippen molar-refractivity contribution in [3.63, 3.8) is 0 Å². The second-order valence-corrected chi connectivity index (χ2v) is 9.23. The molecular weight excluding hydrogens is 432 g/mol. The fourth-order valence-electron chi connectivity index (χ4n) is 3.40. The molecule has 1 aliphatic carbocycles. The van der Waals surface area contributed by atoms with Gasteiger partial charge in [-0.2, -0.15) is 0 Å². The Hall–Kier alpha value is -2.45. The van der Waals surface area contributed by atoms with Gasteiger partial charge in [0.05, 0.1) is 24.3 Å². The van der Waals surface area contributed by atoms with Crippen LogP contribution in [0.25, 0.3) is 0 Å². The van der Waals surface area contributed by atoms with Gasteiger partial charge in [-0.05, 0) is 68.4 Å². The fourth-order valence-corrected chi connectivity index (χ4v) is 4.94. The highest BCUT2D eigenvalue weighted by molar-refractivity contribution is 7.80. The maximum atomic E-state index is 12.8. The van der Waals surface area contributed by atoms with E-state index < -0.39 is 0 Å². The number of para-hydroxylation sites is 1. The molecule has 0 atom stereocenters. The van der Waals surface area contributed by atoms with Gasteiger partial charge >= 0.3 is 5.97 Å². The lowest BCUT2D eigenvalue weighted by Gasteiger charge is -2.14. The smallest absolute Gasteiger partial charge is 0.341 e. The fraction of sp³-hybridized carbons (Fsp3) is 0.435. The maximum Gasteiger partial charge on any atom is 0.341 e. The molecular formula is C23H28N2O4S2. The molecule has 6 nitrogen and oxygen atoms in total. The van der Waals surface area contributed by atoms with E-state index in [1.54, 1.807) is 25.1 Å². The standard InChI is InChI=1S/C23H28N2O4S2/c1-4-28-22(27)19-16-9-7-11-18(16)31-21(19)25-23(30)24-20(26)15-8-5-6-10-17(15)29-13-12-14(2)3/h5-6,8,10,14H,4,7,9,11-13H2,1-3H3,(H2,24,25,26,30). The third-order valence-electron chi connectivity index (χ3n) is 4.94. The molecule has 1 aromatic carbocycles. The number of fused-ring (bicyclic) bond motifs is 1. The number of rotatable bonds is 8. The van der Waals surface area contributed by atoms with Crippen LogP contribution in [-0.4, -0.2) is 30.2 Å². The van der Waals surface area contributed by atoms with Crippen LogP contribution in [0.3, 0.4) is 0 Å². The Kier molecular flexibility index (Phi) is 8.03. The van der Waals surface area contributed by atoms with Crippen LogP contribution in [0.2, 0.25) is 0 Å². The van der Waals surface area contributed by atoms with E-state index in [-0.39, 0.29) is 17.0 Å². The van der Waals surface area contributed by atoms with Crippen molar-refractivity contribution in [3.05, 3.63) is 45.8 Å². The molecule has 0 saturated carbocycles. The van der Waals surface area contributed by atoms with Crippen molar-refractivity contribution in [2.75, 3.05) is 18.5 Å². The third-order valence-corrected chi connectivity index (χ3v) is 6.35. The first kappa shape index (κ1) is 23.2. The molecule has 0 fully saturated rings. The number of hydrogen-bond acceptors (Lipinski definition) is 6. The first-order valence-electron chi connectivity index (χ1n) is 10.6. The number of ether oxygens (including phenoxy) is 2. The molecule has 2 N–H and O–H groups in total. The summed E-state index contributed by atoms with van der Waals surface area (Å²) in [6.45, 7) is 6.86. The van der Waals surface area contributed by atoms with Crippen LogP contribution in [-0.2, 0) is 17.6 Å². The van der Waals surface area contributed by atoms with Crippen molar-refractivity contribution in [3.8, 4) is 5.75 Å². The van der Waals surface area contributed by atoms with Gasteiger partial charge in [0.25, 0.3) is 5.91 Å². The van der Waals surface area contributed by atoms with Crippen LogP contribution < -0.4 is 15.4 Å². The lowest BCUT2D eigenvalue weighted by molar-refractivity contribution is 0.0527. The largest absolute Gasteiger partial charge is 0.493 e. The monoisotopic (exact) mass is 460 g/mol. The second kappa shape index (κ2) is 10.7. The summed E-state index contributed by atoms with van der Waals surface area (Å²) in [4.78, 5) is 26.5. The number of amides is 1. The Morgan fingerprint density at radius 2 is 2.00 bits per heavy atom. The van der Waals surface area contributed by atoms with Crippen LogP contribution in [0.5, 0.6) is 5.75 Å². The molecule has 0 spiro atoms. The number of benzene rings is 1. The molecule has 0 unspecified atom stereocenters. The van der Waals surface area contributed by atoms with Gasteiger partial charge in [0.15, 0.2) is 5.11 Å². The van der Waals surface area contributed by atoms with Crippen molar-refractivity contribution >= 4 is 45.5 Å². The number of aryl methyl sites for hydroxylation is 1. The van der Waals surface area contributed by atoms with E-state index in [1.165, 1.54) is 16.2 Å². The number of nitrogens with one attached hydrogen (secondary N) is 2. The number of carbonyl (C=O) groups is 2. The highest BCUT2D eigenvalue weighted by atomic mass is 32.1. The number of hydrogen-bond donors (Lipinski definition) is 2. The molecule has 8 heteroatoms. The number of esters is 1. The van der Waals surface area contributed by atoms with Crippen molar-refractivity contribution in [1.82, 2.24) is 5.32 Å². The predicted octanol–water partition coefficient (Wildman–Crippen LogP) is 4.97. The van der Waals surface area contributed by atoms with Crippen LogP contribution >= 0.6 is 23.6 Å². The molecule has 166 valence electrons. The normalized spacial score (nSPS) is 12.4. The topological polar surface area (TPSA) is 76.7 Å². The van der Waals surface area contributed by atoms with E-state index in [4.69, 9.17) is 21.7 Å². The summed E-state index contributed by atoms with van der Waals surface area (Å²) in [5, 5.41) is 6.49. The Morgan fingerprint density at radius 3 is 2.74 bits per heavy atom. The number of thiocarbonyl (C=S) groups is 1. The Labute approximate surface area is 192 Å². The molecule has 1 amide bonds. The zero-order valence-corrected chi connectivity index (χ0v) is 19.7. The molecule has 3 rings (SSSR count). The van der Waals surface area contributed by atoms with Crippen LogP contribution in [0.1, 0.15) is 64.8 Å². The molecule has 1 heterocycles. The lowest BCUT2D eigenvalue weighted by atomic mass is 10.1. The SMILES string of the molecule is CCOC(=O)c1c(NC(=S)NC(=O)c2ccccc2OCCC(C)C)sc2c1CCC2. The number of carbonyl (C=O) groups excluding carboxylic acids is 2. The minimum atomic E-state index is -0.362. The minimum absolute atomic E-state index is 0.132. The number of anilines is 1. The van der Waals surface area contributed by atoms with Crippen molar-refractivity contribution in [2.45, 2.75) is 46.5 Å². The van der Waals surface area contributed by atoms with Crippen molar-refractivity contribution in [2.24, 2.45) is 5.92 Å². The summed E-state index contributed by atoms with van der Waals surface area (Å²) >= 11 is 6.86. The molecule has 1 aliphatic rings. The van der Waals surface area contributed by atoms with Crippen LogP contribution in [0.15, 0.2) is 24.3 Å². The summed E-state index contributed by atoms with van der Waals surface area (Å²) in [6, 6.07) is 7.08. The molecule has 31 heavy (non-hydrogen) atoms. The molecule has 1 aromatic heterocycles. The average Bonchev–Trinajstić information content (AvgIpc) is 3.28. The van der Waals surface area contributed by atoms with E-state index in [1.807, 2.05) is 6.07 Å². The van der Waals surface area contributed by atoms with Gasteiger partial charge in [-0.15, -0.1) is 11.3 Å². The van der Waals surface area contributed by atoms with Crippen LogP contribution in [0, 0.1) is 5.92 Å². The lowest BCUT2D eigenvalue weighted by Crippen LogP contribution is -2.34. The molecule has 0 bridgehead atoms. The quantitative estimate of drug-likeness (QED) is 0.428. The van der Waals surface area contributed by atoms with E-state index in [2.05, 4.69) is 24.5 Å². The Balaban J connectivity index is 1.70. The van der Waals surface area contributed by atoms with Gasteiger partial charge in [0.2, 0.25) is 0 Å². The van der Waals surface area contributed by atoms with Gasteiger partial charge in [0, 0.05) is 4.88 Å². The zero-order chi connectivity index (χ0) is 22.4. The third kappa shape index (κ3) is 5.83.